The highest BCUT2D eigenvalue weighted by atomic mass is 14.2. The van der Waals surface area contributed by atoms with Gasteiger partial charge < -0.3 is 0 Å². The van der Waals surface area contributed by atoms with Crippen molar-refractivity contribution in [2.24, 2.45) is 0 Å². The molecule has 2 aromatic carbocycles. The minimum atomic E-state index is -0.384. The molecule has 0 N–H and O–H groups in total. The van der Waals surface area contributed by atoms with E-state index in [-0.39, 0.29) is 6.40 Å². The lowest BCUT2D eigenvalue weighted by Crippen LogP contribution is -1.77. The van der Waals surface area contributed by atoms with Gasteiger partial charge in [-0.2, -0.15) is 0 Å². The Bertz CT molecular complexity index is 532. The molecule has 0 radical (unpaired) electrons. The molecule has 3 rings (SSSR count). The molecule has 2 aromatic rings. The Labute approximate surface area is 80.7 Å². The number of benzene rings is 2. The highest BCUT2D eigenvalue weighted by molar-refractivity contribution is 5.76. The molecule has 0 amide bonds. The summed E-state index contributed by atoms with van der Waals surface area (Å²) >= 11 is 0. The van der Waals surface area contributed by atoms with Gasteiger partial charge >= 0.3 is 0 Å². The highest BCUT2D eigenvalue weighted by Crippen LogP contribution is 2.35. The van der Waals surface area contributed by atoms with Crippen LogP contribution in [0.3, 0.4) is 0 Å². The zero-order valence-electron chi connectivity index (χ0n) is 9.12. The van der Waals surface area contributed by atoms with Crippen molar-refractivity contribution in [1.82, 2.24) is 0 Å². The summed E-state index contributed by atoms with van der Waals surface area (Å²) in [5.41, 5.74) is 4.03. The minimum absolute atomic E-state index is 0.384. The van der Waals surface area contributed by atoms with E-state index in [9.17, 15) is 0 Å². The molecule has 1 atom stereocenters. The summed E-state index contributed by atoms with van der Waals surface area (Å²) in [5.74, 6) is 0. The largest absolute Gasteiger partial charge is 0.0626 e. The molecule has 0 saturated heterocycles. The SMILES string of the molecule is [2H]c1cccc2c1C([2H])c1ccccc1-2. The zero-order valence-corrected chi connectivity index (χ0v) is 7.12. The average molecular weight is 168 g/mol. The Morgan fingerprint density at radius 3 is 2.54 bits per heavy atom. The quantitative estimate of drug-likeness (QED) is 0.566. The van der Waals surface area contributed by atoms with Crippen molar-refractivity contribution in [3.8, 4) is 11.1 Å². The second-order valence-electron chi connectivity index (χ2n) is 3.23. The van der Waals surface area contributed by atoms with E-state index in [2.05, 4.69) is 0 Å². The van der Waals surface area contributed by atoms with Crippen molar-refractivity contribution in [2.75, 3.05) is 0 Å². The summed E-state index contributed by atoms with van der Waals surface area (Å²) in [5, 5.41) is 0. The third-order valence-electron chi connectivity index (χ3n) is 2.44. The fourth-order valence-corrected chi connectivity index (χ4v) is 1.83. The van der Waals surface area contributed by atoms with Gasteiger partial charge in [-0.1, -0.05) is 48.5 Å². The first-order valence-corrected chi connectivity index (χ1v) is 4.40. The molecule has 13 heavy (non-hydrogen) atoms. The standard InChI is InChI=1S/C13H10/c1-3-7-12-10(5-1)9-11-6-2-4-8-13(11)12/h1-8H,9H2/i5D,9D. The number of hydrogen-bond donors (Lipinski definition) is 0. The molecule has 0 fully saturated rings. The van der Waals surface area contributed by atoms with E-state index >= 15 is 0 Å². The van der Waals surface area contributed by atoms with Gasteiger partial charge in [-0.3, -0.25) is 0 Å². The zero-order chi connectivity index (χ0) is 10.4. The Kier molecular flexibility index (Phi) is 0.990. The number of rotatable bonds is 0. The molecule has 1 aliphatic rings. The van der Waals surface area contributed by atoms with Crippen LogP contribution in [0.25, 0.3) is 11.1 Å². The molecular formula is C13H10. The molecule has 0 bridgehead atoms. The highest BCUT2D eigenvalue weighted by Gasteiger charge is 2.15. The Morgan fingerprint density at radius 2 is 1.62 bits per heavy atom. The van der Waals surface area contributed by atoms with Crippen molar-refractivity contribution in [2.45, 2.75) is 6.40 Å². The van der Waals surface area contributed by atoms with Crippen LogP contribution in [0, 0.1) is 0 Å². The van der Waals surface area contributed by atoms with E-state index < -0.39 is 0 Å². The normalized spacial score (nSPS) is 20.2. The predicted molar refractivity (Wildman–Crippen MR) is 54.7 cm³/mol. The topological polar surface area (TPSA) is 0 Å². The van der Waals surface area contributed by atoms with Crippen molar-refractivity contribution < 1.29 is 2.74 Å². The summed E-state index contributed by atoms with van der Waals surface area (Å²) in [6.07, 6.45) is -0.384. The van der Waals surface area contributed by atoms with Crippen LogP contribution in [0.1, 0.15) is 13.9 Å². The molecule has 0 spiro atoms. The Morgan fingerprint density at radius 1 is 0.923 bits per heavy atom. The fourth-order valence-electron chi connectivity index (χ4n) is 1.83. The first kappa shape index (κ1) is 5.23. The third-order valence-corrected chi connectivity index (χ3v) is 2.44. The van der Waals surface area contributed by atoms with Gasteiger partial charge in [0, 0.05) is 1.37 Å². The Balaban J connectivity index is 2.37. The van der Waals surface area contributed by atoms with Gasteiger partial charge in [-0.05, 0) is 28.7 Å². The summed E-state index contributed by atoms with van der Waals surface area (Å²) in [4.78, 5) is 0. The molecule has 0 aliphatic heterocycles. The lowest BCUT2D eigenvalue weighted by molar-refractivity contribution is 1.26. The third kappa shape index (κ3) is 0.919. The van der Waals surface area contributed by atoms with Crippen molar-refractivity contribution in [3.63, 3.8) is 0 Å². The lowest BCUT2D eigenvalue weighted by atomic mass is 10.1. The average Bonchev–Trinajstić information content (AvgIpc) is 2.55. The molecule has 0 nitrogen and oxygen atoms in total. The monoisotopic (exact) mass is 168 g/mol. The molecule has 0 heterocycles. The molecule has 1 unspecified atom stereocenters. The van der Waals surface area contributed by atoms with Crippen LogP contribution in [0.4, 0.5) is 0 Å². The molecular weight excluding hydrogens is 156 g/mol. The van der Waals surface area contributed by atoms with Crippen LogP contribution in [0.15, 0.2) is 48.5 Å². The van der Waals surface area contributed by atoms with Gasteiger partial charge in [0.15, 0.2) is 0 Å². The van der Waals surface area contributed by atoms with Gasteiger partial charge in [0.1, 0.15) is 0 Å². The maximum atomic E-state index is 8.12. The lowest BCUT2D eigenvalue weighted by Gasteiger charge is -1.98. The van der Waals surface area contributed by atoms with Gasteiger partial charge in [0.05, 0.1) is 1.37 Å². The number of fused-ring (bicyclic) bond motifs is 3. The Hall–Kier alpha value is -1.56. The van der Waals surface area contributed by atoms with E-state index in [4.69, 9.17) is 2.74 Å². The molecule has 62 valence electrons. The molecule has 0 aromatic heterocycles. The maximum absolute atomic E-state index is 8.12. The molecule has 0 heteroatoms. The van der Waals surface area contributed by atoms with Crippen LogP contribution in [-0.4, -0.2) is 0 Å². The van der Waals surface area contributed by atoms with Crippen LogP contribution in [0.5, 0.6) is 0 Å². The molecule has 0 saturated carbocycles. The van der Waals surface area contributed by atoms with Gasteiger partial charge in [0.25, 0.3) is 0 Å². The first-order valence-electron chi connectivity index (χ1n) is 5.48. The van der Waals surface area contributed by atoms with E-state index in [1.807, 2.05) is 36.4 Å². The van der Waals surface area contributed by atoms with Gasteiger partial charge in [-0.25, -0.2) is 0 Å². The summed E-state index contributed by atoms with van der Waals surface area (Å²) in [6.45, 7) is 0. The van der Waals surface area contributed by atoms with Crippen molar-refractivity contribution in [3.05, 3.63) is 59.6 Å². The van der Waals surface area contributed by atoms with Crippen LogP contribution < -0.4 is 0 Å². The van der Waals surface area contributed by atoms with Crippen molar-refractivity contribution >= 4 is 0 Å². The second-order valence-corrected chi connectivity index (χ2v) is 3.23. The van der Waals surface area contributed by atoms with Gasteiger partial charge in [0.2, 0.25) is 0 Å². The second kappa shape index (κ2) is 2.46. The van der Waals surface area contributed by atoms with E-state index in [0.717, 1.165) is 22.3 Å². The van der Waals surface area contributed by atoms with Gasteiger partial charge in [-0.15, -0.1) is 0 Å². The summed E-state index contributed by atoms with van der Waals surface area (Å²) in [7, 11) is 0. The first-order chi connectivity index (χ1) is 7.29. The van der Waals surface area contributed by atoms with Crippen LogP contribution >= 0.6 is 0 Å². The van der Waals surface area contributed by atoms with Crippen molar-refractivity contribution in [1.29, 1.82) is 0 Å². The van der Waals surface area contributed by atoms with E-state index in [0.29, 0.717) is 6.04 Å². The minimum Gasteiger partial charge on any atom is -0.0619 e. The van der Waals surface area contributed by atoms with Crippen LogP contribution in [0.2, 0.25) is 0 Å². The number of hydrogen-bond acceptors (Lipinski definition) is 0. The predicted octanol–water partition coefficient (Wildman–Crippen LogP) is 3.26. The fraction of sp³-hybridized carbons (Fsp3) is 0.0769. The smallest absolute Gasteiger partial charge is 0.0619 e. The molecule has 1 aliphatic carbocycles. The van der Waals surface area contributed by atoms with E-state index in [1.165, 1.54) is 0 Å². The summed E-state index contributed by atoms with van der Waals surface area (Å²) < 4.78 is 16.0. The van der Waals surface area contributed by atoms with E-state index in [1.54, 1.807) is 6.07 Å². The van der Waals surface area contributed by atoms with Crippen LogP contribution in [-0.2, 0) is 6.40 Å². The summed E-state index contributed by atoms with van der Waals surface area (Å²) in [6, 6.07) is 14.1. The maximum Gasteiger partial charge on any atom is 0.0626 e.